The number of hydrogen-bond donors (Lipinski definition) is 0. The van der Waals surface area contributed by atoms with Gasteiger partial charge in [-0.2, -0.15) is 0 Å². The van der Waals surface area contributed by atoms with Gasteiger partial charge in [0.25, 0.3) is 5.91 Å². The number of benzene rings is 1. The summed E-state index contributed by atoms with van der Waals surface area (Å²) in [5, 5.41) is 0. The molecule has 0 unspecified atom stereocenters. The van der Waals surface area contributed by atoms with E-state index in [0.29, 0.717) is 24.4 Å². The van der Waals surface area contributed by atoms with E-state index in [0.717, 1.165) is 11.3 Å². The Morgan fingerprint density at radius 2 is 1.87 bits per heavy atom. The summed E-state index contributed by atoms with van der Waals surface area (Å²) >= 11 is 0. The molecule has 0 saturated carbocycles. The summed E-state index contributed by atoms with van der Waals surface area (Å²) in [6.45, 7) is 6.64. The highest BCUT2D eigenvalue weighted by Crippen LogP contribution is 2.14. The zero-order valence-corrected chi connectivity index (χ0v) is 17.5. The van der Waals surface area contributed by atoms with Crippen LogP contribution in [0.5, 0.6) is 0 Å². The average molecular weight is 405 g/mol. The average Bonchev–Trinajstić information content (AvgIpc) is 3.39. The van der Waals surface area contributed by atoms with E-state index < -0.39 is 0 Å². The lowest BCUT2D eigenvalue weighted by Crippen LogP contribution is -2.42. The molecule has 0 N–H and O–H groups in total. The van der Waals surface area contributed by atoms with Gasteiger partial charge in [-0.05, 0) is 42.8 Å². The smallest absolute Gasteiger partial charge is 0.254 e. The van der Waals surface area contributed by atoms with Gasteiger partial charge in [0.05, 0.1) is 19.4 Å². The molecule has 30 heavy (non-hydrogen) atoms. The minimum atomic E-state index is -0.182. The van der Waals surface area contributed by atoms with Gasteiger partial charge >= 0.3 is 0 Å². The normalized spacial score (nSPS) is 10.6. The Hall–Kier alpha value is -3.54. The van der Waals surface area contributed by atoms with Crippen LogP contribution in [0.15, 0.2) is 78.1 Å². The predicted octanol–water partition coefficient (Wildman–Crippen LogP) is 3.78. The van der Waals surface area contributed by atoms with E-state index in [1.165, 1.54) is 4.90 Å². The molecule has 0 aliphatic heterocycles. The van der Waals surface area contributed by atoms with Gasteiger partial charge in [-0.15, -0.1) is 6.58 Å². The number of furan rings is 1. The molecule has 1 aromatic carbocycles. The summed E-state index contributed by atoms with van der Waals surface area (Å²) in [7, 11) is 1.94. The number of carbonyl (C=O) groups is 2. The second-order valence-electron chi connectivity index (χ2n) is 7.23. The topological polar surface area (TPSA) is 58.7 Å². The summed E-state index contributed by atoms with van der Waals surface area (Å²) in [5.74, 6) is 0.354. The number of nitrogens with zero attached hydrogens (tertiary/aromatic N) is 3. The number of aromatic nitrogens is 1. The van der Waals surface area contributed by atoms with Gasteiger partial charge in [-0.1, -0.05) is 24.3 Å². The molecule has 0 aliphatic carbocycles. The van der Waals surface area contributed by atoms with Crippen molar-refractivity contribution in [1.29, 1.82) is 0 Å². The Bertz CT molecular complexity index is 1000. The second kappa shape index (κ2) is 9.78. The summed E-state index contributed by atoms with van der Waals surface area (Å²) in [6.07, 6.45) is 5.17. The maximum absolute atomic E-state index is 13.3. The van der Waals surface area contributed by atoms with Crippen molar-refractivity contribution in [3.8, 4) is 0 Å². The molecule has 3 aromatic rings. The molecule has 0 fully saturated rings. The molecule has 0 aliphatic rings. The van der Waals surface area contributed by atoms with E-state index in [-0.39, 0.29) is 24.9 Å². The highest BCUT2D eigenvalue weighted by Gasteiger charge is 2.23. The van der Waals surface area contributed by atoms with Crippen LogP contribution >= 0.6 is 0 Å². The van der Waals surface area contributed by atoms with Crippen LogP contribution in [0.25, 0.3) is 0 Å². The SMILES string of the molecule is C=CCN(CC(=O)N(Cc1ccco1)Cc1cccn1C)C(=O)c1ccccc1C. The monoisotopic (exact) mass is 405 g/mol. The zero-order valence-electron chi connectivity index (χ0n) is 17.5. The van der Waals surface area contributed by atoms with E-state index in [4.69, 9.17) is 4.42 Å². The van der Waals surface area contributed by atoms with Crippen molar-refractivity contribution < 1.29 is 14.0 Å². The minimum absolute atomic E-state index is 0.0374. The van der Waals surface area contributed by atoms with Crippen LogP contribution in [0.4, 0.5) is 0 Å². The van der Waals surface area contributed by atoms with Crippen molar-refractivity contribution in [2.45, 2.75) is 20.0 Å². The molecule has 0 bridgehead atoms. The third-order valence-corrected chi connectivity index (χ3v) is 5.02. The third kappa shape index (κ3) is 5.08. The zero-order chi connectivity index (χ0) is 21.5. The Morgan fingerprint density at radius 1 is 1.07 bits per heavy atom. The van der Waals surface area contributed by atoms with Crippen LogP contribution in [0.2, 0.25) is 0 Å². The largest absolute Gasteiger partial charge is 0.467 e. The first-order valence-corrected chi connectivity index (χ1v) is 9.85. The van der Waals surface area contributed by atoms with Gasteiger partial charge < -0.3 is 18.8 Å². The maximum Gasteiger partial charge on any atom is 0.254 e. The summed E-state index contributed by atoms with van der Waals surface area (Å²) in [6, 6.07) is 14.9. The standard InChI is InChI=1S/C24H27N3O3/c1-4-13-26(24(29)22-12-6-5-9-19(22)2)18-23(28)27(17-21-11-8-15-30-21)16-20-10-7-14-25(20)3/h4-12,14-15H,1,13,16-18H2,2-3H3. The molecular weight excluding hydrogens is 378 g/mol. The van der Waals surface area contributed by atoms with E-state index >= 15 is 0 Å². The highest BCUT2D eigenvalue weighted by molar-refractivity contribution is 5.97. The summed E-state index contributed by atoms with van der Waals surface area (Å²) in [5.41, 5.74) is 2.46. The van der Waals surface area contributed by atoms with Gasteiger partial charge in [0.15, 0.2) is 0 Å². The van der Waals surface area contributed by atoms with Crippen molar-refractivity contribution in [2.24, 2.45) is 7.05 Å². The molecule has 2 aromatic heterocycles. The first-order valence-electron chi connectivity index (χ1n) is 9.85. The molecule has 0 spiro atoms. The Labute approximate surface area is 177 Å². The van der Waals surface area contributed by atoms with Gasteiger partial charge in [0.2, 0.25) is 5.91 Å². The fraction of sp³-hybridized carbons (Fsp3) is 0.250. The maximum atomic E-state index is 13.3. The lowest BCUT2D eigenvalue weighted by atomic mass is 10.1. The molecule has 2 amide bonds. The van der Waals surface area contributed by atoms with E-state index in [9.17, 15) is 9.59 Å². The van der Waals surface area contributed by atoms with Crippen LogP contribution in [0.1, 0.15) is 27.4 Å². The van der Waals surface area contributed by atoms with Gasteiger partial charge in [-0.25, -0.2) is 0 Å². The number of carbonyl (C=O) groups excluding carboxylic acids is 2. The Balaban J connectivity index is 1.80. The second-order valence-corrected chi connectivity index (χ2v) is 7.23. The molecule has 2 heterocycles. The van der Waals surface area contributed by atoms with Crippen LogP contribution in [0.3, 0.4) is 0 Å². The third-order valence-electron chi connectivity index (χ3n) is 5.02. The fourth-order valence-corrected chi connectivity index (χ4v) is 3.30. The van der Waals surface area contributed by atoms with Gasteiger partial charge in [0, 0.05) is 31.0 Å². The molecule has 0 atom stereocenters. The van der Waals surface area contributed by atoms with E-state index in [1.54, 1.807) is 29.4 Å². The van der Waals surface area contributed by atoms with E-state index in [2.05, 4.69) is 6.58 Å². The Kier molecular flexibility index (Phi) is 6.91. The number of aryl methyl sites for hydroxylation is 2. The minimum Gasteiger partial charge on any atom is -0.467 e. The first kappa shape index (κ1) is 21.2. The molecule has 6 heteroatoms. The van der Waals surface area contributed by atoms with Crippen LogP contribution < -0.4 is 0 Å². The molecule has 6 nitrogen and oxygen atoms in total. The Morgan fingerprint density at radius 3 is 2.50 bits per heavy atom. The van der Waals surface area contributed by atoms with Crippen LogP contribution in [0, 0.1) is 6.92 Å². The summed E-state index contributed by atoms with van der Waals surface area (Å²) < 4.78 is 7.43. The fourth-order valence-electron chi connectivity index (χ4n) is 3.30. The van der Waals surface area contributed by atoms with Gasteiger partial charge in [0.1, 0.15) is 12.3 Å². The highest BCUT2D eigenvalue weighted by atomic mass is 16.3. The van der Waals surface area contributed by atoms with Gasteiger partial charge in [-0.3, -0.25) is 9.59 Å². The molecule has 156 valence electrons. The number of amides is 2. The van der Waals surface area contributed by atoms with Crippen LogP contribution in [-0.4, -0.2) is 39.3 Å². The molecular formula is C24H27N3O3. The summed E-state index contributed by atoms with van der Waals surface area (Å²) in [4.78, 5) is 29.6. The van der Waals surface area contributed by atoms with Crippen molar-refractivity contribution in [3.63, 3.8) is 0 Å². The first-order chi connectivity index (χ1) is 14.5. The van der Waals surface area contributed by atoms with Crippen molar-refractivity contribution in [1.82, 2.24) is 14.4 Å². The van der Waals surface area contributed by atoms with Crippen molar-refractivity contribution >= 4 is 11.8 Å². The number of rotatable bonds is 9. The van der Waals surface area contributed by atoms with Crippen molar-refractivity contribution in [2.75, 3.05) is 13.1 Å². The number of hydrogen-bond acceptors (Lipinski definition) is 3. The molecule has 0 saturated heterocycles. The quantitative estimate of drug-likeness (QED) is 0.509. The van der Waals surface area contributed by atoms with E-state index in [1.807, 2.05) is 61.1 Å². The van der Waals surface area contributed by atoms with Crippen molar-refractivity contribution in [3.05, 3.63) is 96.2 Å². The lowest BCUT2D eigenvalue weighted by molar-refractivity contribution is -0.133. The predicted molar refractivity (Wildman–Crippen MR) is 116 cm³/mol. The lowest BCUT2D eigenvalue weighted by Gasteiger charge is -2.27. The molecule has 0 radical (unpaired) electrons. The van der Waals surface area contributed by atoms with Crippen LogP contribution in [-0.2, 0) is 24.9 Å². The molecule has 3 rings (SSSR count).